The molecule has 0 rings (SSSR count). The number of hydrogen-bond acceptors (Lipinski definition) is 15. The summed E-state index contributed by atoms with van der Waals surface area (Å²) in [6, 6.07) is 0. The van der Waals surface area contributed by atoms with Gasteiger partial charge in [-0.2, -0.15) is 0 Å². The molecule has 102 heavy (non-hydrogen) atoms. The monoisotopic (exact) mass is 1490 g/mol. The first-order valence-corrected chi connectivity index (χ1v) is 45.8. The van der Waals surface area contributed by atoms with E-state index >= 15 is 0 Å². The van der Waals surface area contributed by atoms with Crippen LogP contribution in [-0.4, -0.2) is 96.7 Å². The van der Waals surface area contributed by atoms with Gasteiger partial charge < -0.3 is 33.8 Å². The predicted molar refractivity (Wildman–Crippen MR) is 418 cm³/mol. The first-order chi connectivity index (χ1) is 49.2. The van der Waals surface area contributed by atoms with Crippen molar-refractivity contribution in [2.24, 2.45) is 17.8 Å². The average Bonchev–Trinajstić information content (AvgIpc) is 0.910. The topological polar surface area (TPSA) is 237 Å². The number of carbonyl (C=O) groups is 4. The summed E-state index contributed by atoms with van der Waals surface area (Å²) in [4.78, 5) is 73.1. The molecule has 2 unspecified atom stereocenters. The number of ether oxygens (including phenoxy) is 4. The summed E-state index contributed by atoms with van der Waals surface area (Å²) in [6.45, 7) is 12.0. The molecule has 0 saturated carbocycles. The van der Waals surface area contributed by atoms with Gasteiger partial charge in [0.05, 0.1) is 26.4 Å². The summed E-state index contributed by atoms with van der Waals surface area (Å²) in [7, 11) is -9.92. The van der Waals surface area contributed by atoms with E-state index in [2.05, 4.69) is 48.5 Å². The van der Waals surface area contributed by atoms with Gasteiger partial charge in [0, 0.05) is 25.7 Å². The molecule has 0 aliphatic rings. The van der Waals surface area contributed by atoms with Crippen LogP contribution in [0.2, 0.25) is 0 Å². The van der Waals surface area contributed by atoms with E-state index in [4.69, 9.17) is 37.0 Å². The number of rotatable bonds is 81. The third-order valence-electron chi connectivity index (χ3n) is 19.4. The van der Waals surface area contributed by atoms with Gasteiger partial charge in [-0.3, -0.25) is 37.3 Å². The zero-order valence-corrected chi connectivity index (χ0v) is 68.9. The van der Waals surface area contributed by atoms with Crippen molar-refractivity contribution in [2.75, 3.05) is 39.6 Å². The number of aliphatic hydroxyl groups excluding tert-OH is 1. The van der Waals surface area contributed by atoms with Crippen LogP contribution in [0.4, 0.5) is 0 Å². The Labute approximate surface area is 626 Å². The smallest absolute Gasteiger partial charge is 0.462 e. The highest BCUT2D eigenvalue weighted by Crippen LogP contribution is 2.45. The Morgan fingerprint density at radius 3 is 0.667 bits per heavy atom. The first-order valence-electron chi connectivity index (χ1n) is 42.8. The quantitative estimate of drug-likeness (QED) is 0.0222. The molecule has 0 fully saturated rings. The predicted octanol–water partition coefficient (Wildman–Crippen LogP) is 24.9. The number of esters is 4. The molecule has 0 spiro atoms. The van der Waals surface area contributed by atoms with Crippen molar-refractivity contribution in [2.45, 2.75) is 452 Å². The fourth-order valence-corrected chi connectivity index (χ4v) is 14.4. The van der Waals surface area contributed by atoms with Crippen LogP contribution in [0.3, 0.4) is 0 Å². The Hall–Kier alpha value is -1.94. The van der Waals surface area contributed by atoms with E-state index < -0.39 is 97.5 Å². The fraction of sp³-hybridized carbons (Fsp3) is 0.952. The lowest BCUT2D eigenvalue weighted by atomic mass is 10.0. The van der Waals surface area contributed by atoms with Crippen molar-refractivity contribution in [1.82, 2.24) is 0 Å². The zero-order valence-electron chi connectivity index (χ0n) is 67.1. The molecule has 3 N–H and O–H groups in total. The maximum Gasteiger partial charge on any atom is 0.472 e. The van der Waals surface area contributed by atoms with Gasteiger partial charge in [0.2, 0.25) is 0 Å². The third-order valence-corrected chi connectivity index (χ3v) is 21.3. The molecule has 0 aliphatic heterocycles. The lowest BCUT2D eigenvalue weighted by Crippen LogP contribution is -2.30. The van der Waals surface area contributed by atoms with Crippen molar-refractivity contribution >= 4 is 39.5 Å². The maximum atomic E-state index is 13.1. The van der Waals surface area contributed by atoms with E-state index in [0.29, 0.717) is 25.7 Å². The Morgan fingerprint density at radius 1 is 0.265 bits per heavy atom. The number of hydrogen-bond donors (Lipinski definition) is 3. The summed E-state index contributed by atoms with van der Waals surface area (Å²) in [6.07, 6.45) is 62.3. The van der Waals surface area contributed by atoms with Gasteiger partial charge >= 0.3 is 39.5 Å². The van der Waals surface area contributed by atoms with E-state index in [0.717, 1.165) is 108 Å². The van der Waals surface area contributed by atoms with Crippen LogP contribution in [0, 0.1) is 17.8 Å². The minimum absolute atomic E-state index is 0.106. The molecule has 0 aromatic heterocycles. The zero-order chi connectivity index (χ0) is 75.1. The van der Waals surface area contributed by atoms with Crippen LogP contribution in [0.25, 0.3) is 0 Å². The van der Waals surface area contributed by atoms with Crippen molar-refractivity contribution in [3.05, 3.63) is 0 Å². The molecule has 606 valence electrons. The largest absolute Gasteiger partial charge is 0.472 e. The van der Waals surface area contributed by atoms with Gasteiger partial charge in [-0.05, 0) is 43.4 Å². The average molecular weight is 1490 g/mol. The highest BCUT2D eigenvalue weighted by Gasteiger charge is 2.30. The minimum atomic E-state index is -4.96. The van der Waals surface area contributed by atoms with E-state index in [-0.39, 0.29) is 25.7 Å². The van der Waals surface area contributed by atoms with E-state index in [9.17, 15) is 43.2 Å². The lowest BCUT2D eigenvalue weighted by Gasteiger charge is -2.21. The fourth-order valence-electron chi connectivity index (χ4n) is 12.8. The van der Waals surface area contributed by atoms with Crippen molar-refractivity contribution in [1.29, 1.82) is 0 Å². The molecule has 0 bridgehead atoms. The summed E-state index contributed by atoms with van der Waals surface area (Å²) in [5, 5.41) is 10.7. The van der Waals surface area contributed by atoms with Crippen LogP contribution < -0.4 is 0 Å². The van der Waals surface area contributed by atoms with E-state index in [1.807, 2.05) is 0 Å². The second kappa shape index (κ2) is 73.2. The Kier molecular flexibility index (Phi) is 71.8. The van der Waals surface area contributed by atoms with E-state index in [1.54, 1.807) is 0 Å². The second-order valence-corrected chi connectivity index (χ2v) is 34.2. The summed E-state index contributed by atoms with van der Waals surface area (Å²) in [5.41, 5.74) is 0. The van der Waals surface area contributed by atoms with Gasteiger partial charge in [-0.15, -0.1) is 0 Å². The van der Waals surface area contributed by atoms with Crippen LogP contribution in [-0.2, 0) is 65.4 Å². The van der Waals surface area contributed by atoms with Crippen LogP contribution in [0.15, 0.2) is 0 Å². The molecule has 0 aromatic carbocycles. The molecule has 0 aliphatic carbocycles. The normalized spacial score (nSPS) is 13.9. The number of unbranched alkanes of at least 4 members (excludes halogenated alkanes) is 49. The summed E-state index contributed by atoms with van der Waals surface area (Å²) in [5.74, 6) is 0.254. The molecule has 0 saturated heterocycles. The van der Waals surface area contributed by atoms with E-state index in [1.165, 1.54) is 244 Å². The number of aliphatic hydroxyl groups is 1. The van der Waals surface area contributed by atoms with Crippen molar-refractivity contribution in [3.63, 3.8) is 0 Å². The van der Waals surface area contributed by atoms with Crippen molar-refractivity contribution < 1.29 is 80.2 Å². The van der Waals surface area contributed by atoms with Crippen LogP contribution in [0.5, 0.6) is 0 Å². The standard InChI is InChI=1S/C83H162O17P2/c1-8-9-10-11-12-13-14-21-28-36-43-50-57-64-80(85)93-71-79(100-83(88)67-60-53-46-39-32-31-35-42-49-56-63-76(6)7)73-98-102(91,92)96-69-77(84)68-95-101(89,90)97-72-78(99-82(87)66-59-52-45-38-30-25-20-16-18-23-27-34-41-48-55-62-75(4)5)70-94-81(86)65-58-51-44-37-29-24-19-15-17-22-26-33-40-47-54-61-74(2)3/h74-79,84H,8-73H2,1-7H3,(H,89,90)(H,91,92)/t77-,78-,79-/m1/s1. The Morgan fingerprint density at radius 2 is 0.451 bits per heavy atom. The first kappa shape index (κ1) is 100. The van der Waals surface area contributed by atoms with Gasteiger partial charge in [0.25, 0.3) is 0 Å². The molecular weight excluding hydrogens is 1330 g/mol. The number of phosphoric acid groups is 2. The Bertz CT molecular complexity index is 1970. The van der Waals surface area contributed by atoms with Crippen LogP contribution >= 0.6 is 15.6 Å². The molecule has 0 radical (unpaired) electrons. The highest BCUT2D eigenvalue weighted by molar-refractivity contribution is 7.47. The highest BCUT2D eigenvalue weighted by atomic mass is 31.2. The van der Waals surface area contributed by atoms with Gasteiger partial charge in [0.15, 0.2) is 12.2 Å². The maximum absolute atomic E-state index is 13.1. The van der Waals surface area contributed by atoms with Gasteiger partial charge in [-0.25, -0.2) is 9.13 Å². The molecule has 0 heterocycles. The van der Waals surface area contributed by atoms with Crippen LogP contribution in [0.1, 0.15) is 434 Å². The second-order valence-electron chi connectivity index (χ2n) is 31.3. The summed E-state index contributed by atoms with van der Waals surface area (Å²) >= 11 is 0. The lowest BCUT2D eigenvalue weighted by molar-refractivity contribution is -0.161. The SMILES string of the molecule is CCCCCCCCCCCCCCCC(=O)OC[C@H](COP(=O)(O)OC[C@H](O)COP(=O)(O)OC[C@@H](COC(=O)CCCCCCCCCCCCCCCCCC(C)C)OC(=O)CCCCCCCCCCCCCCCCCC(C)C)OC(=O)CCCCCCCCCCCCC(C)C. The van der Waals surface area contributed by atoms with Gasteiger partial charge in [0.1, 0.15) is 19.3 Å². The molecule has 5 atom stereocenters. The number of carbonyl (C=O) groups excluding carboxylic acids is 4. The Balaban J connectivity index is 5.26. The third kappa shape index (κ3) is 76.3. The molecule has 17 nitrogen and oxygen atoms in total. The van der Waals surface area contributed by atoms with Crippen molar-refractivity contribution in [3.8, 4) is 0 Å². The molecular formula is C83H162O17P2. The molecule has 0 aromatic rings. The van der Waals surface area contributed by atoms with Gasteiger partial charge in [-0.1, -0.05) is 382 Å². The summed E-state index contributed by atoms with van der Waals surface area (Å²) < 4.78 is 68.8. The minimum Gasteiger partial charge on any atom is -0.462 e. The molecule has 0 amide bonds. The number of phosphoric ester groups is 2. The molecule has 19 heteroatoms.